The Kier molecular flexibility index (Phi) is 2.11. The second-order valence-corrected chi connectivity index (χ2v) is 3.52. The second-order valence-electron chi connectivity index (χ2n) is 3.14. The number of rotatable bonds is 2. The van der Waals surface area contributed by atoms with Crippen molar-refractivity contribution in [2.75, 3.05) is 0 Å². The lowest BCUT2D eigenvalue weighted by molar-refractivity contribution is 0.0687. The molecule has 17 heavy (non-hydrogen) atoms. The number of aromatic nitrogens is 1. The van der Waals surface area contributed by atoms with Gasteiger partial charge in [-0.05, 0) is 23.7 Å². The van der Waals surface area contributed by atoms with Gasteiger partial charge in [-0.1, -0.05) is 23.7 Å². The maximum Gasteiger partial charge on any atom is 0.358 e. The summed E-state index contributed by atoms with van der Waals surface area (Å²) in [5.74, 6) is -1.95. The lowest BCUT2D eigenvalue weighted by Crippen LogP contribution is -2.00. The number of halogens is 1. The number of carbonyl (C=O) groups is 1. The summed E-state index contributed by atoms with van der Waals surface area (Å²) in [6.45, 7) is 0. The fourth-order valence-corrected chi connectivity index (χ4v) is 1.41. The number of aromatic carboxylic acids is 1. The van der Waals surface area contributed by atoms with Gasteiger partial charge in [0.15, 0.2) is 5.69 Å². The van der Waals surface area contributed by atoms with Gasteiger partial charge in [0.2, 0.25) is 0 Å². The van der Waals surface area contributed by atoms with Crippen molar-refractivity contribution in [1.82, 2.24) is 4.98 Å². The normalized spacial score (nSPS) is 12.6. The molecule has 2 aromatic rings. The van der Waals surface area contributed by atoms with E-state index in [0.29, 0.717) is 0 Å². The van der Waals surface area contributed by atoms with Crippen LogP contribution in [0.1, 0.15) is 14.6 Å². The van der Waals surface area contributed by atoms with Gasteiger partial charge in [-0.25, -0.2) is 9.78 Å². The molecule has 4 nitrogen and oxygen atoms in total. The first-order valence-corrected chi connectivity index (χ1v) is 4.89. The summed E-state index contributed by atoms with van der Waals surface area (Å²) in [6.07, 6.45) is 1.13. The molecule has 1 aromatic heterocycles. The van der Waals surface area contributed by atoms with Crippen LogP contribution in [0.3, 0.4) is 0 Å². The highest BCUT2D eigenvalue weighted by atomic mass is 35.5. The fraction of sp³-hybridized carbons (Fsp3) is 0. The van der Waals surface area contributed by atoms with Crippen molar-refractivity contribution in [2.24, 2.45) is 0 Å². The molecule has 0 unspecified atom stereocenters. The van der Waals surface area contributed by atoms with Crippen LogP contribution in [0.5, 0.6) is 5.75 Å². The van der Waals surface area contributed by atoms with Gasteiger partial charge in [-0.15, -0.1) is 0 Å². The van der Waals surface area contributed by atoms with E-state index in [1.165, 1.54) is 0 Å². The smallest absolute Gasteiger partial charge is 0.358 e. The average Bonchev–Trinajstić information content (AvgIpc) is 2.36. The van der Waals surface area contributed by atoms with Crippen LogP contribution in [0.25, 0.3) is 11.1 Å². The molecule has 0 aliphatic carbocycles. The Morgan fingerprint density at radius 3 is 2.82 bits per heavy atom. The van der Waals surface area contributed by atoms with E-state index in [1.54, 1.807) is 0 Å². The van der Waals surface area contributed by atoms with Gasteiger partial charge in [-0.2, -0.15) is 0 Å². The summed E-state index contributed by atoms with van der Waals surface area (Å²) in [5, 5.41) is 18.2. The molecule has 0 bridgehead atoms. The molecule has 0 fully saturated rings. The first-order chi connectivity index (χ1) is 9.32. The van der Waals surface area contributed by atoms with Gasteiger partial charge in [0.1, 0.15) is 5.75 Å². The molecule has 0 aliphatic rings. The molecule has 1 heterocycles. The summed E-state index contributed by atoms with van der Waals surface area (Å²) in [6, 6.07) is 1.74. The predicted octanol–water partition coefficient (Wildman–Crippen LogP) is 2.81. The van der Waals surface area contributed by atoms with Crippen LogP contribution in [0, 0.1) is 0 Å². The number of hydrogen-bond donors (Lipinski definition) is 2. The molecule has 0 spiro atoms. The minimum Gasteiger partial charge on any atom is -0.505 e. The molecule has 5 heteroatoms. The van der Waals surface area contributed by atoms with Crippen LogP contribution in [-0.2, 0) is 0 Å². The molecule has 0 amide bonds. The fourth-order valence-electron chi connectivity index (χ4n) is 1.26. The average molecular weight is 253 g/mol. The molecule has 2 rings (SSSR count). The van der Waals surface area contributed by atoms with Crippen molar-refractivity contribution in [3.63, 3.8) is 0 Å². The number of hydrogen-bond acceptors (Lipinski definition) is 3. The maximum absolute atomic E-state index is 10.8. The molecule has 0 saturated heterocycles. The largest absolute Gasteiger partial charge is 0.505 e. The van der Waals surface area contributed by atoms with E-state index < -0.39 is 17.4 Å². The number of pyridine rings is 1. The minimum atomic E-state index is -1.38. The van der Waals surface area contributed by atoms with Crippen molar-refractivity contribution in [3.8, 4) is 16.9 Å². The summed E-state index contributed by atoms with van der Waals surface area (Å²) < 4.78 is 23.1. The van der Waals surface area contributed by atoms with E-state index in [9.17, 15) is 9.90 Å². The number of nitrogens with zero attached hydrogens (tertiary/aromatic N) is 1. The van der Waals surface area contributed by atoms with Gasteiger partial charge < -0.3 is 10.2 Å². The first-order valence-electron chi connectivity index (χ1n) is 6.02. The molecule has 0 aliphatic heterocycles. The second kappa shape index (κ2) is 4.43. The summed E-state index contributed by atoms with van der Waals surface area (Å²) >= 11 is 5.79. The van der Waals surface area contributed by atoms with Crippen molar-refractivity contribution in [3.05, 3.63) is 47.2 Å². The SMILES string of the molecule is [2H]c1cc([2H])c(-c2cnc(C(=O)O)c(O)c2)c([2H])c1Cl. The van der Waals surface area contributed by atoms with Crippen molar-refractivity contribution >= 4 is 17.6 Å². The highest BCUT2D eigenvalue weighted by Gasteiger charge is 2.12. The monoisotopic (exact) mass is 252 g/mol. The third kappa shape index (κ3) is 2.37. The Hall–Kier alpha value is -2.07. The molecule has 0 saturated carbocycles. The molecular weight excluding hydrogens is 242 g/mol. The van der Waals surface area contributed by atoms with E-state index in [0.717, 1.165) is 18.3 Å². The first kappa shape index (κ1) is 8.08. The Labute approximate surface area is 106 Å². The zero-order chi connectivity index (χ0) is 15.0. The van der Waals surface area contributed by atoms with Crippen LogP contribution >= 0.6 is 11.6 Å². The van der Waals surface area contributed by atoms with Crippen molar-refractivity contribution in [1.29, 1.82) is 0 Å². The van der Waals surface area contributed by atoms with Crippen LogP contribution in [0.15, 0.2) is 36.5 Å². The number of carboxylic acid groups (broad SMARTS) is 1. The molecular formula is C12H8ClNO3. The predicted molar refractivity (Wildman–Crippen MR) is 63.3 cm³/mol. The van der Waals surface area contributed by atoms with Crippen molar-refractivity contribution in [2.45, 2.75) is 0 Å². The molecule has 1 aromatic carbocycles. The lowest BCUT2D eigenvalue weighted by Gasteiger charge is -2.04. The molecule has 0 radical (unpaired) electrons. The number of benzene rings is 1. The maximum atomic E-state index is 10.8. The van der Waals surface area contributed by atoms with Crippen LogP contribution < -0.4 is 0 Å². The van der Waals surface area contributed by atoms with Gasteiger partial charge >= 0.3 is 5.97 Å². The number of aromatic hydroxyl groups is 1. The Morgan fingerprint density at radius 2 is 2.18 bits per heavy atom. The summed E-state index contributed by atoms with van der Waals surface area (Å²) in [7, 11) is 0. The zero-order valence-corrected chi connectivity index (χ0v) is 9.12. The zero-order valence-electron chi connectivity index (χ0n) is 11.4. The molecule has 86 valence electrons. The summed E-state index contributed by atoms with van der Waals surface area (Å²) in [4.78, 5) is 14.3. The highest BCUT2D eigenvalue weighted by Crippen LogP contribution is 2.26. The quantitative estimate of drug-likeness (QED) is 0.862. The third-order valence-electron chi connectivity index (χ3n) is 2.01. The van der Waals surface area contributed by atoms with E-state index in [4.69, 9.17) is 20.8 Å². The van der Waals surface area contributed by atoms with Crippen LogP contribution in [-0.4, -0.2) is 21.2 Å². The lowest BCUT2D eigenvalue weighted by atomic mass is 10.1. The molecule has 2 N–H and O–H groups in total. The van der Waals surface area contributed by atoms with Crippen molar-refractivity contribution < 1.29 is 19.1 Å². The van der Waals surface area contributed by atoms with Crippen LogP contribution in [0.4, 0.5) is 0 Å². The topological polar surface area (TPSA) is 70.4 Å². The van der Waals surface area contributed by atoms with Gasteiger partial charge in [0.25, 0.3) is 0 Å². The summed E-state index contributed by atoms with van der Waals surface area (Å²) in [5.41, 5.74) is -0.259. The Morgan fingerprint density at radius 1 is 1.41 bits per heavy atom. The number of carboxylic acids is 1. The van der Waals surface area contributed by atoms with E-state index in [1.807, 2.05) is 0 Å². The Bertz CT molecular complexity index is 722. The van der Waals surface area contributed by atoms with E-state index >= 15 is 0 Å². The van der Waals surface area contributed by atoms with E-state index in [2.05, 4.69) is 4.98 Å². The van der Waals surface area contributed by atoms with Gasteiger partial charge in [0.05, 0.1) is 4.11 Å². The van der Waals surface area contributed by atoms with E-state index in [-0.39, 0.29) is 34.3 Å². The standard InChI is InChI=1S/C12H8ClNO3/c13-9-3-1-2-7(4-9)8-5-10(15)11(12(16)17)14-6-8/h1-6,15H,(H,16,17)/i2D,3D,4D. The third-order valence-corrected chi connectivity index (χ3v) is 2.21. The molecule has 0 atom stereocenters. The van der Waals surface area contributed by atoms with Gasteiger partial charge in [0, 0.05) is 16.8 Å². The highest BCUT2D eigenvalue weighted by molar-refractivity contribution is 6.30. The van der Waals surface area contributed by atoms with Crippen LogP contribution in [0.2, 0.25) is 5.02 Å². The minimum absolute atomic E-state index is 0.0748. The van der Waals surface area contributed by atoms with Gasteiger partial charge in [-0.3, -0.25) is 0 Å². The Balaban J connectivity index is 2.67.